The maximum absolute atomic E-state index is 12.4. The molecule has 2 aliphatic rings. The van der Waals surface area contributed by atoms with Crippen molar-refractivity contribution in [2.45, 2.75) is 57.7 Å². The van der Waals surface area contributed by atoms with Crippen LogP contribution in [0, 0.1) is 5.92 Å². The lowest BCUT2D eigenvalue weighted by Gasteiger charge is -2.24. The van der Waals surface area contributed by atoms with Crippen LogP contribution in [-0.2, 0) is 16.1 Å². The van der Waals surface area contributed by atoms with E-state index < -0.39 is 0 Å². The van der Waals surface area contributed by atoms with Crippen LogP contribution in [0.15, 0.2) is 30.3 Å². The number of hydrogen-bond acceptors (Lipinski definition) is 3. The molecule has 3 unspecified atom stereocenters. The summed E-state index contributed by atoms with van der Waals surface area (Å²) in [6.07, 6.45) is 5.84. The van der Waals surface area contributed by atoms with Gasteiger partial charge >= 0.3 is 0 Å². The molecule has 0 radical (unpaired) electrons. The van der Waals surface area contributed by atoms with Gasteiger partial charge in [0.1, 0.15) is 0 Å². The minimum atomic E-state index is -0.134. The average Bonchev–Trinajstić information content (AvgIpc) is 3.09. The van der Waals surface area contributed by atoms with Crippen LogP contribution in [0.2, 0.25) is 0 Å². The van der Waals surface area contributed by atoms with Crippen LogP contribution in [0.3, 0.4) is 0 Å². The van der Waals surface area contributed by atoms with E-state index in [4.69, 9.17) is 0 Å². The highest BCUT2D eigenvalue weighted by Gasteiger charge is 2.38. The van der Waals surface area contributed by atoms with E-state index >= 15 is 0 Å². The molecule has 2 amide bonds. The number of amides is 2. The van der Waals surface area contributed by atoms with Gasteiger partial charge < -0.3 is 15.5 Å². The SMILES string of the molecule is CCN(Cc1ccccc1)C(=O)CNC(=O)C1CC2CCCCC2N1. The van der Waals surface area contributed by atoms with Crippen molar-refractivity contribution in [2.75, 3.05) is 13.1 Å². The van der Waals surface area contributed by atoms with Crippen molar-refractivity contribution in [1.29, 1.82) is 0 Å². The van der Waals surface area contributed by atoms with Gasteiger partial charge in [-0.2, -0.15) is 0 Å². The van der Waals surface area contributed by atoms with Crippen LogP contribution in [0.5, 0.6) is 0 Å². The van der Waals surface area contributed by atoms with Gasteiger partial charge in [-0.05, 0) is 37.7 Å². The van der Waals surface area contributed by atoms with Crippen molar-refractivity contribution < 1.29 is 9.59 Å². The molecule has 1 aliphatic heterocycles. The largest absolute Gasteiger partial charge is 0.346 e. The van der Waals surface area contributed by atoms with Crippen molar-refractivity contribution >= 4 is 11.8 Å². The Morgan fingerprint density at radius 1 is 1.20 bits per heavy atom. The van der Waals surface area contributed by atoms with Crippen molar-refractivity contribution in [3.8, 4) is 0 Å². The maximum atomic E-state index is 12.4. The zero-order valence-corrected chi connectivity index (χ0v) is 15.0. The fourth-order valence-corrected chi connectivity index (χ4v) is 4.10. The molecule has 1 aliphatic carbocycles. The Hall–Kier alpha value is -1.88. The molecule has 2 fully saturated rings. The first-order valence-electron chi connectivity index (χ1n) is 9.53. The second kappa shape index (κ2) is 8.48. The van der Waals surface area contributed by atoms with Gasteiger partial charge in [-0.15, -0.1) is 0 Å². The third kappa shape index (κ3) is 4.60. The Labute approximate surface area is 150 Å². The first-order valence-corrected chi connectivity index (χ1v) is 9.53. The lowest BCUT2D eigenvalue weighted by molar-refractivity contribution is -0.133. The lowest BCUT2D eigenvalue weighted by atomic mass is 9.85. The van der Waals surface area contributed by atoms with Gasteiger partial charge in [0.05, 0.1) is 12.6 Å². The Morgan fingerprint density at radius 3 is 2.68 bits per heavy atom. The summed E-state index contributed by atoms with van der Waals surface area (Å²) >= 11 is 0. The molecule has 1 saturated carbocycles. The van der Waals surface area contributed by atoms with Crippen molar-refractivity contribution in [2.24, 2.45) is 5.92 Å². The van der Waals surface area contributed by atoms with E-state index in [1.54, 1.807) is 4.90 Å². The number of likely N-dealkylation sites (N-methyl/N-ethyl adjacent to an activating group) is 1. The number of carbonyl (C=O) groups excluding carboxylic acids is 2. The van der Waals surface area contributed by atoms with Crippen LogP contribution in [0.4, 0.5) is 0 Å². The van der Waals surface area contributed by atoms with Gasteiger partial charge in [-0.3, -0.25) is 9.59 Å². The smallest absolute Gasteiger partial charge is 0.242 e. The van der Waals surface area contributed by atoms with Crippen LogP contribution in [0.25, 0.3) is 0 Å². The Bertz CT molecular complexity index is 576. The van der Waals surface area contributed by atoms with E-state index in [-0.39, 0.29) is 24.4 Å². The van der Waals surface area contributed by atoms with Gasteiger partial charge in [0.2, 0.25) is 11.8 Å². The molecule has 5 heteroatoms. The molecule has 5 nitrogen and oxygen atoms in total. The second-order valence-electron chi connectivity index (χ2n) is 7.22. The molecule has 1 aromatic carbocycles. The fourth-order valence-electron chi connectivity index (χ4n) is 4.10. The minimum Gasteiger partial charge on any atom is -0.346 e. The third-order valence-electron chi connectivity index (χ3n) is 5.54. The number of hydrogen-bond donors (Lipinski definition) is 2. The Kier molecular flexibility index (Phi) is 6.08. The lowest BCUT2D eigenvalue weighted by Crippen LogP contribution is -2.47. The number of benzene rings is 1. The summed E-state index contributed by atoms with van der Waals surface area (Å²) in [7, 11) is 0. The average molecular weight is 343 g/mol. The number of rotatable bonds is 6. The molecule has 136 valence electrons. The van der Waals surface area contributed by atoms with Gasteiger partial charge in [0.15, 0.2) is 0 Å². The van der Waals surface area contributed by atoms with E-state index in [1.807, 2.05) is 37.3 Å². The summed E-state index contributed by atoms with van der Waals surface area (Å²) < 4.78 is 0. The minimum absolute atomic E-state index is 0.0292. The molecule has 25 heavy (non-hydrogen) atoms. The second-order valence-corrected chi connectivity index (χ2v) is 7.22. The topological polar surface area (TPSA) is 61.4 Å². The highest BCUT2D eigenvalue weighted by atomic mass is 16.2. The van der Waals surface area contributed by atoms with Crippen molar-refractivity contribution in [3.63, 3.8) is 0 Å². The van der Waals surface area contributed by atoms with Crippen LogP contribution < -0.4 is 10.6 Å². The highest BCUT2D eigenvalue weighted by Crippen LogP contribution is 2.33. The van der Waals surface area contributed by atoms with Crippen LogP contribution >= 0.6 is 0 Å². The van der Waals surface area contributed by atoms with Crippen LogP contribution in [0.1, 0.15) is 44.6 Å². The molecule has 3 atom stereocenters. The summed E-state index contributed by atoms with van der Waals surface area (Å²) in [5, 5.41) is 6.30. The number of nitrogens with one attached hydrogen (secondary N) is 2. The highest BCUT2D eigenvalue weighted by molar-refractivity contribution is 5.87. The van der Waals surface area contributed by atoms with Crippen molar-refractivity contribution in [1.82, 2.24) is 15.5 Å². The zero-order chi connectivity index (χ0) is 17.6. The zero-order valence-electron chi connectivity index (χ0n) is 15.0. The predicted octanol–water partition coefficient (Wildman–Crippen LogP) is 2.07. The summed E-state index contributed by atoms with van der Waals surface area (Å²) in [4.78, 5) is 26.6. The summed E-state index contributed by atoms with van der Waals surface area (Å²) in [6, 6.07) is 10.3. The molecule has 0 aromatic heterocycles. The third-order valence-corrected chi connectivity index (χ3v) is 5.54. The van der Waals surface area contributed by atoms with E-state index in [9.17, 15) is 9.59 Å². The number of fused-ring (bicyclic) bond motifs is 1. The van der Waals surface area contributed by atoms with Gasteiger partial charge in [-0.25, -0.2) is 0 Å². The molecule has 1 aromatic rings. The molecule has 1 saturated heterocycles. The van der Waals surface area contributed by atoms with Gasteiger partial charge in [0, 0.05) is 19.1 Å². The standard InChI is InChI=1S/C20H29N3O2/c1-2-23(14-15-8-4-3-5-9-15)19(24)13-21-20(25)18-12-16-10-6-7-11-17(16)22-18/h3-5,8-9,16-18,22H,2,6-7,10-14H2,1H3,(H,21,25). The number of carbonyl (C=O) groups is 2. The van der Waals surface area contributed by atoms with Crippen LogP contribution in [-0.4, -0.2) is 41.9 Å². The summed E-state index contributed by atoms with van der Waals surface area (Å²) in [5.41, 5.74) is 1.10. The summed E-state index contributed by atoms with van der Waals surface area (Å²) in [6.45, 7) is 3.26. The monoisotopic (exact) mass is 343 g/mol. The van der Waals surface area contributed by atoms with Crippen molar-refractivity contribution in [3.05, 3.63) is 35.9 Å². The summed E-state index contributed by atoms with van der Waals surface area (Å²) in [5.74, 6) is 0.569. The van der Waals surface area contributed by atoms with E-state index in [1.165, 1.54) is 25.7 Å². The number of nitrogens with zero attached hydrogens (tertiary/aromatic N) is 1. The predicted molar refractivity (Wildman–Crippen MR) is 97.8 cm³/mol. The first-order chi connectivity index (χ1) is 12.2. The maximum Gasteiger partial charge on any atom is 0.242 e. The van der Waals surface area contributed by atoms with Gasteiger partial charge in [-0.1, -0.05) is 43.2 Å². The molecule has 3 rings (SSSR count). The fraction of sp³-hybridized carbons (Fsp3) is 0.600. The van der Waals surface area contributed by atoms with E-state index in [0.29, 0.717) is 25.0 Å². The quantitative estimate of drug-likeness (QED) is 0.831. The Morgan fingerprint density at radius 2 is 1.96 bits per heavy atom. The molecule has 0 spiro atoms. The van der Waals surface area contributed by atoms with Gasteiger partial charge in [0.25, 0.3) is 0 Å². The Balaban J connectivity index is 1.46. The molecule has 0 bridgehead atoms. The molecular weight excluding hydrogens is 314 g/mol. The van der Waals surface area contributed by atoms with E-state index in [2.05, 4.69) is 10.6 Å². The molecular formula is C20H29N3O2. The first kappa shape index (κ1) is 17.9. The van der Waals surface area contributed by atoms with E-state index in [0.717, 1.165) is 12.0 Å². The molecule has 1 heterocycles. The molecule has 2 N–H and O–H groups in total. The normalized spacial score (nSPS) is 25.2.